The normalized spacial score (nSPS) is 12.2. The molecule has 0 bridgehead atoms. The average molecular weight is 261 g/mol. The summed E-state index contributed by atoms with van der Waals surface area (Å²) in [6.07, 6.45) is 0. The number of rotatable bonds is 7. The third-order valence-corrected chi connectivity index (χ3v) is 1.98. The minimum atomic E-state index is 0.0860. The zero-order chi connectivity index (χ0) is 12.7. The van der Waals surface area contributed by atoms with Crippen LogP contribution in [0.15, 0.2) is 0 Å². The second kappa shape index (κ2) is 7.24. The molecule has 0 saturated heterocycles. The van der Waals surface area contributed by atoms with Gasteiger partial charge in [0.1, 0.15) is 0 Å². The van der Waals surface area contributed by atoms with Gasteiger partial charge in [0.2, 0.25) is 11.2 Å². The summed E-state index contributed by atoms with van der Waals surface area (Å²) in [6, 6.07) is 0.307. The van der Waals surface area contributed by atoms with Gasteiger partial charge in [-0.05, 0) is 32.4 Å². The van der Waals surface area contributed by atoms with Crippen LogP contribution >= 0.6 is 11.6 Å². The summed E-state index contributed by atoms with van der Waals surface area (Å²) in [6.45, 7) is 7.49. The van der Waals surface area contributed by atoms with Crippen molar-refractivity contribution in [3.05, 3.63) is 5.28 Å². The summed E-state index contributed by atoms with van der Waals surface area (Å²) in [4.78, 5) is 11.9. The predicted octanol–water partition coefficient (Wildman–Crippen LogP) is 1.76. The van der Waals surface area contributed by atoms with Crippen LogP contribution in [0.4, 0.5) is 5.95 Å². The van der Waals surface area contributed by atoms with Gasteiger partial charge >= 0.3 is 6.01 Å². The first kappa shape index (κ1) is 13.9. The van der Waals surface area contributed by atoms with E-state index in [2.05, 4.69) is 20.3 Å². The fraction of sp³-hybridized carbons (Fsp3) is 0.700. The molecule has 1 atom stereocenters. The van der Waals surface area contributed by atoms with E-state index in [-0.39, 0.29) is 17.3 Å². The number of anilines is 1. The monoisotopic (exact) mass is 260 g/mol. The molecule has 1 N–H and O–H groups in total. The largest absolute Gasteiger partial charge is 0.464 e. The second-order valence-electron chi connectivity index (χ2n) is 3.35. The maximum Gasteiger partial charge on any atom is 0.322 e. The Morgan fingerprint density at radius 3 is 2.65 bits per heavy atom. The van der Waals surface area contributed by atoms with Crippen molar-refractivity contribution in [1.82, 2.24) is 15.0 Å². The van der Waals surface area contributed by atoms with Crippen molar-refractivity contribution < 1.29 is 9.47 Å². The second-order valence-corrected chi connectivity index (χ2v) is 3.69. The Kier molecular flexibility index (Phi) is 5.93. The quantitative estimate of drug-likeness (QED) is 0.806. The molecule has 17 heavy (non-hydrogen) atoms. The highest BCUT2D eigenvalue weighted by Gasteiger charge is 2.08. The summed E-state index contributed by atoms with van der Waals surface area (Å²) in [5, 5.41) is 3.17. The van der Waals surface area contributed by atoms with Crippen molar-refractivity contribution in [2.45, 2.75) is 26.8 Å². The molecule has 1 aromatic heterocycles. The van der Waals surface area contributed by atoms with Crippen LogP contribution in [0.25, 0.3) is 0 Å². The molecule has 0 aliphatic carbocycles. The van der Waals surface area contributed by atoms with Crippen molar-refractivity contribution in [2.24, 2.45) is 0 Å². The van der Waals surface area contributed by atoms with Crippen LogP contribution in [-0.2, 0) is 4.74 Å². The van der Waals surface area contributed by atoms with Gasteiger partial charge < -0.3 is 14.8 Å². The molecule has 1 heterocycles. The highest BCUT2D eigenvalue weighted by atomic mass is 35.5. The van der Waals surface area contributed by atoms with E-state index in [0.29, 0.717) is 25.8 Å². The van der Waals surface area contributed by atoms with Crippen molar-refractivity contribution in [1.29, 1.82) is 0 Å². The van der Waals surface area contributed by atoms with Crippen molar-refractivity contribution in [2.75, 3.05) is 25.1 Å². The van der Waals surface area contributed by atoms with Crippen LogP contribution in [-0.4, -0.2) is 40.8 Å². The molecule has 6 nitrogen and oxygen atoms in total. The van der Waals surface area contributed by atoms with Gasteiger partial charge in [-0.15, -0.1) is 0 Å². The van der Waals surface area contributed by atoms with Gasteiger partial charge in [0.25, 0.3) is 0 Å². The molecule has 0 saturated carbocycles. The number of ether oxygens (including phenoxy) is 2. The van der Waals surface area contributed by atoms with E-state index in [4.69, 9.17) is 21.1 Å². The van der Waals surface area contributed by atoms with Gasteiger partial charge in [-0.3, -0.25) is 0 Å². The highest BCUT2D eigenvalue weighted by molar-refractivity contribution is 6.28. The maximum atomic E-state index is 5.76. The highest BCUT2D eigenvalue weighted by Crippen LogP contribution is 2.12. The van der Waals surface area contributed by atoms with Crippen LogP contribution in [0.5, 0.6) is 6.01 Å². The number of nitrogens with one attached hydrogen (secondary N) is 1. The Morgan fingerprint density at radius 2 is 2.00 bits per heavy atom. The summed E-state index contributed by atoms with van der Waals surface area (Å²) in [5.74, 6) is 0.389. The zero-order valence-electron chi connectivity index (χ0n) is 10.2. The number of nitrogens with zero attached hydrogens (tertiary/aromatic N) is 3. The Hall–Kier alpha value is -1.14. The molecular formula is C10H17ClN4O2. The van der Waals surface area contributed by atoms with Crippen LogP contribution in [0.3, 0.4) is 0 Å². The third-order valence-electron chi connectivity index (χ3n) is 1.81. The van der Waals surface area contributed by atoms with Crippen molar-refractivity contribution in [3.63, 3.8) is 0 Å². The average Bonchev–Trinajstić information content (AvgIpc) is 2.26. The van der Waals surface area contributed by atoms with E-state index in [1.807, 2.05) is 20.8 Å². The zero-order valence-corrected chi connectivity index (χ0v) is 11.0. The van der Waals surface area contributed by atoms with E-state index in [9.17, 15) is 0 Å². The van der Waals surface area contributed by atoms with Crippen molar-refractivity contribution in [3.8, 4) is 6.01 Å². The van der Waals surface area contributed by atoms with E-state index in [0.717, 1.165) is 0 Å². The van der Waals surface area contributed by atoms with Gasteiger partial charge in [0, 0.05) is 12.6 Å². The molecule has 96 valence electrons. The third kappa shape index (κ3) is 5.14. The minimum absolute atomic E-state index is 0.0860. The fourth-order valence-electron chi connectivity index (χ4n) is 1.15. The lowest BCUT2D eigenvalue weighted by atomic mass is 10.4. The number of halogens is 1. The Bertz CT molecular complexity index is 351. The van der Waals surface area contributed by atoms with E-state index in [1.165, 1.54) is 0 Å². The number of aromatic nitrogens is 3. The molecule has 0 aliphatic heterocycles. The van der Waals surface area contributed by atoms with Gasteiger partial charge in [-0.2, -0.15) is 15.0 Å². The van der Waals surface area contributed by atoms with Crippen LogP contribution in [0.1, 0.15) is 20.8 Å². The maximum absolute atomic E-state index is 5.76. The van der Waals surface area contributed by atoms with E-state index < -0.39 is 0 Å². The van der Waals surface area contributed by atoms with Crippen molar-refractivity contribution >= 4 is 17.5 Å². The number of hydrogen-bond donors (Lipinski definition) is 1. The molecule has 0 amide bonds. The van der Waals surface area contributed by atoms with E-state index in [1.54, 1.807) is 0 Å². The number of hydrogen-bond acceptors (Lipinski definition) is 6. The summed E-state index contributed by atoms with van der Waals surface area (Å²) in [5.41, 5.74) is 0. The first-order chi connectivity index (χ1) is 8.15. The van der Waals surface area contributed by atoms with Crippen LogP contribution in [0, 0.1) is 0 Å². The molecule has 1 aromatic rings. The molecule has 0 aliphatic rings. The SMILES string of the molecule is CCOCC(C)Nc1nc(Cl)nc(OCC)n1. The lowest BCUT2D eigenvalue weighted by Crippen LogP contribution is -2.23. The summed E-state index contributed by atoms with van der Waals surface area (Å²) >= 11 is 5.76. The fourth-order valence-corrected chi connectivity index (χ4v) is 1.30. The standard InChI is InChI=1S/C10H17ClN4O2/c1-4-16-6-7(3)12-9-13-8(11)14-10(15-9)17-5-2/h7H,4-6H2,1-3H3,(H,12,13,14,15). The van der Waals surface area contributed by atoms with Crippen LogP contribution in [0.2, 0.25) is 5.28 Å². The predicted molar refractivity (Wildman–Crippen MR) is 65.6 cm³/mol. The van der Waals surface area contributed by atoms with Gasteiger partial charge in [-0.1, -0.05) is 0 Å². The molecule has 7 heteroatoms. The first-order valence-corrected chi connectivity index (χ1v) is 5.92. The topological polar surface area (TPSA) is 69.2 Å². The minimum Gasteiger partial charge on any atom is -0.464 e. The molecular weight excluding hydrogens is 244 g/mol. The Morgan fingerprint density at radius 1 is 1.24 bits per heavy atom. The lowest BCUT2D eigenvalue weighted by Gasteiger charge is -2.13. The lowest BCUT2D eigenvalue weighted by molar-refractivity contribution is 0.141. The molecule has 0 spiro atoms. The Balaban J connectivity index is 2.63. The molecule has 1 rings (SSSR count). The molecule has 1 unspecified atom stereocenters. The summed E-state index contributed by atoms with van der Waals surface area (Å²) < 4.78 is 10.4. The molecule has 0 aromatic carbocycles. The Labute approximate surface area is 106 Å². The van der Waals surface area contributed by atoms with Gasteiger partial charge in [-0.25, -0.2) is 0 Å². The van der Waals surface area contributed by atoms with E-state index >= 15 is 0 Å². The smallest absolute Gasteiger partial charge is 0.322 e. The first-order valence-electron chi connectivity index (χ1n) is 5.54. The van der Waals surface area contributed by atoms with Crippen LogP contribution < -0.4 is 10.1 Å². The molecule has 0 fully saturated rings. The summed E-state index contributed by atoms with van der Waals surface area (Å²) in [7, 11) is 0. The van der Waals surface area contributed by atoms with Gasteiger partial charge in [0.05, 0.1) is 13.2 Å². The van der Waals surface area contributed by atoms with Gasteiger partial charge in [0.15, 0.2) is 0 Å². The molecule has 0 radical (unpaired) electrons.